The van der Waals surface area contributed by atoms with E-state index in [1.165, 1.54) is 4.90 Å². The van der Waals surface area contributed by atoms with Crippen LogP contribution in [0.25, 0.3) is 0 Å². The van der Waals surface area contributed by atoms with Crippen molar-refractivity contribution in [2.75, 3.05) is 6.54 Å². The molecule has 54 heavy (non-hydrogen) atoms. The predicted octanol–water partition coefficient (Wildman–Crippen LogP) is 5.61. The van der Waals surface area contributed by atoms with Crippen LogP contribution in [0.5, 0.6) is 0 Å². The molecule has 3 aliphatic carbocycles. The molecule has 8 atom stereocenters. The van der Waals surface area contributed by atoms with Crippen molar-refractivity contribution in [1.29, 1.82) is 0 Å². The highest BCUT2D eigenvalue weighted by atomic mass is 16.7. The molecule has 0 radical (unpaired) electrons. The molecule has 2 N–H and O–H groups in total. The first-order valence-corrected chi connectivity index (χ1v) is 19.7. The van der Waals surface area contributed by atoms with Crippen molar-refractivity contribution in [2.45, 2.75) is 129 Å². The molecular formula is C41H55BN4O8. The molecular weight excluding hydrogens is 687 g/mol. The van der Waals surface area contributed by atoms with Gasteiger partial charge in [0.15, 0.2) is 0 Å². The van der Waals surface area contributed by atoms with E-state index in [2.05, 4.69) is 38.3 Å². The van der Waals surface area contributed by atoms with Crippen LogP contribution >= 0.6 is 0 Å². The number of hydrogen-bond acceptors (Lipinski definition) is 8. The molecule has 5 fully saturated rings. The van der Waals surface area contributed by atoms with Gasteiger partial charge in [0.05, 0.1) is 24.2 Å². The maximum absolute atomic E-state index is 14.4. The topological polar surface area (TPSA) is 136 Å². The van der Waals surface area contributed by atoms with Crippen molar-refractivity contribution in [3.63, 3.8) is 0 Å². The SMILES string of the molecule is CCC[C@H](NC(=O)[C@@H]1C[C@@H](OC(=O)N2Cc3ccccc3C2)CN1C(=O)[C@@H](NC(=O)OCc1ccccc1)C(C)C)B1O[C@@H]2C[C@H]3C[C@H](C3(C)C)[C@]2(C)O1. The lowest BCUT2D eigenvalue weighted by Gasteiger charge is -2.64. The van der Waals surface area contributed by atoms with Gasteiger partial charge in [-0.05, 0) is 66.0 Å². The quantitative estimate of drug-likeness (QED) is 0.284. The second kappa shape index (κ2) is 15.2. The molecule has 6 aliphatic rings. The molecule has 3 saturated carbocycles. The first-order chi connectivity index (χ1) is 25.8. The second-order valence-electron chi connectivity index (χ2n) is 17.0. The van der Waals surface area contributed by atoms with Crippen LogP contribution in [0, 0.1) is 23.2 Å². The van der Waals surface area contributed by atoms with E-state index >= 15 is 0 Å². The van der Waals surface area contributed by atoms with E-state index in [-0.39, 0.29) is 42.9 Å². The highest BCUT2D eigenvalue weighted by Crippen LogP contribution is 2.65. The van der Waals surface area contributed by atoms with Crippen LogP contribution in [0.15, 0.2) is 54.6 Å². The summed E-state index contributed by atoms with van der Waals surface area (Å²) in [6, 6.07) is 15.2. The maximum atomic E-state index is 14.4. The van der Waals surface area contributed by atoms with E-state index in [4.69, 9.17) is 18.8 Å². The fourth-order valence-electron chi connectivity index (χ4n) is 9.58. The van der Waals surface area contributed by atoms with Gasteiger partial charge in [-0.3, -0.25) is 14.5 Å². The molecule has 3 aliphatic heterocycles. The van der Waals surface area contributed by atoms with Crippen molar-refractivity contribution in [1.82, 2.24) is 20.4 Å². The van der Waals surface area contributed by atoms with Gasteiger partial charge >= 0.3 is 19.3 Å². The number of fused-ring (bicyclic) bond motifs is 1. The standard InChI is InChI=1S/C41H55BN4O8/c1-7-13-34(42-53-33-19-29-18-32(40(29,4)5)41(33,6)54-42)43-36(47)31-20-30(52-39(50)45-21-27-16-11-12-17-28(27)22-45)23-46(31)37(48)35(25(2)3)44-38(49)51-24-26-14-9-8-10-15-26/h8-12,14-17,25,29-35H,7,13,18-24H2,1-6H3,(H,43,47)(H,44,49)/t29-,30-,31+,32-,33-,34+,35+,41+/m1/s1. The van der Waals surface area contributed by atoms with Crippen molar-refractivity contribution in [3.05, 3.63) is 71.3 Å². The number of amides is 4. The number of carbonyl (C=O) groups excluding carboxylic acids is 4. The van der Waals surface area contributed by atoms with Gasteiger partial charge in [0.1, 0.15) is 24.8 Å². The molecule has 12 nitrogen and oxygen atoms in total. The van der Waals surface area contributed by atoms with Gasteiger partial charge in [-0.15, -0.1) is 0 Å². The normalized spacial score (nSPS) is 28.8. The zero-order valence-electron chi connectivity index (χ0n) is 32.4. The zero-order valence-corrected chi connectivity index (χ0v) is 32.4. The largest absolute Gasteiger partial charge is 0.481 e. The fraction of sp³-hybridized carbons (Fsp3) is 0.610. The van der Waals surface area contributed by atoms with Crippen LogP contribution in [-0.4, -0.2) is 83.3 Å². The minimum atomic E-state index is -0.989. The minimum Gasteiger partial charge on any atom is -0.445 e. The van der Waals surface area contributed by atoms with E-state index in [1.54, 1.807) is 4.90 Å². The first-order valence-electron chi connectivity index (χ1n) is 19.7. The van der Waals surface area contributed by atoms with Crippen LogP contribution in [0.3, 0.4) is 0 Å². The molecule has 0 unspecified atom stereocenters. The molecule has 2 aromatic carbocycles. The van der Waals surface area contributed by atoms with Crippen LogP contribution in [0.1, 0.15) is 90.3 Å². The molecule has 3 heterocycles. The van der Waals surface area contributed by atoms with Gasteiger partial charge in [-0.2, -0.15) is 0 Å². The highest BCUT2D eigenvalue weighted by molar-refractivity contribution is 6.48. The maximum Gasteiger partial charge on any atom is 0.481 e. The van der Waals surface area contributed by atoms with Crippen molar-refractivity contribution >= 4 is 31.1 Å². The van der Waals surface area contributed by atoms with E-state index < -0.39 is 54.9 Å². The number of rotatable bonds is 11. The van der Waals surface area contributed by atoms with Gasteiger partial charge in [0.2, 0.25) is 11.8 Å². The summed E-state index contributed by atoms with van der Waals surface area (Å²) in [5.74, 6) is -0.636. The summed E-state index contributed by atoms with van der Waals surface area (Å²) in [5.41, 5.74) is 2.68. The third kappa shape index (κ3) is 7.33. The first kappa shape index (κ1) is 38.2. The molecule has 290 valence electrons. The fourth-order valence-corrected chi connectivity index (χ4v) is 9.58. The summed E-state index contributed by atoms with van der Waals surface area (Å²) < 4.78 is 24.8. The summed E-state index contributed by atoms with van der Waals surface area (Å²) in [5, 5.41) is 5.95. The monoisotopic (exact) mass is 742 g/mol. The highest BCUT2D eigenvalue weighted by Gasteiger charge is 2.68. The molecule has 4 amide bonds. The number of likely N-dealkylation sites (tertiary alicyclic amines) is 1. The Kier molecular flexibility index (Phi) is 10.8. The number of nitrogens with one attached hydrogen (secondary N) is 2. The third-order valence-electron chi connectivity index (χ3n) is 12.9. The van der Waals surface area contributed by atoms with Gasteiger partial charge in [0, 0.05) is 19.5 Å². The Morgan fingerprint density at radius 1 is 0.944 bits per heavy atom. The van der Waals surface area contributed by atoms with Gasteiger partial charge in [0.25, 0.3) is 0 Å². The van der Waals surface area contributed by atoms with E-state index in [0.29, 0.717) is 31.3 Å². The number of ether oxygens (including phenoxy) is 2. The Balaban J connectivity index is 1.06. The number of benzene rings is 2. The van der Waals surface area contributed by atoms with E-state index in [0.717, 1.165) is 36.0 Å². The summed E-state index contributed by atoms with van der Waals surface area (Å²) in [6.45, 7) is 13.4. The Morgan fingerprint density at radius 2 is 1.63 bits per heavy atom. The lowest BCUT2D eigenvalue weighted by molar-refractivity contribution is -0.199. The van der Waals surface area contributed by atoms with Gasteiger partial charge < -0.3 is 34.3 Å². The van der Waals surface area contributed by atoms with Crippen molar-refractivity contribution in [2.24, 2.45) is 23.2 Å². The summed E-state index contributed by atoms with van der Waals surface area (Å²) in [6.07, 6.45) is 1.54. The number of hydrogen-bond donors (Lipinski definition) is 2. The predicted molar refractivity (Wildman–Crippen MR) is 201 cm³/mol. The number of alkyl carbamates (subject to hydrolysis) is 1. The summed E-state index contributed by atoms with van der Waals surface area (Å²) in [7, 11) is -0.625. The Labute approximate surface area is 319 Å². The molecule has 13 heteroatoms. The summed E-state index contributed by atoms with van der Waals surface area (Å²) >= 11 is 0. The molecule has 0 spiro atoms. The Bertz CT molecular complexity index is 1700. The third-order valence-corrected chi connectivity index (χ3v) is 12.9. The summed E-state index contributed by atoms with van der Waals surface area (Å²) in [4.78, 5) is 58.3. The van der Waals surface area contributed by atoms with E-state index in [9.17, 15) is 19.2 Å². The average molecular weight is 743 g/mol. The van der Waals surface area contributed by atoms with E-state index in [1.807, 2.05) is 68.4 Å². The average Bonchev–Trinajstić information content (AvgIpc) is 3.87. The molecule has 2 saturated heterocycles. The Morgan fingerprint density at radius 3 is 2.28 bits per heavy atom. The van der Waals surface area contributed by atoms with Crippen molar-refractivity contribution in [3.8, 4) is 0 Å². The number of carbonyl (C=O) groups is 4. The zero-order chi connectivity index (χ0) is 38.4. The lowest BCUT2D eigenvalue weighted by Crippen LogP contribution is -2.65. The Hall–Kier alpha value is -4.10. The smallest absolute Gasteiger partial charge is 0.445 e. The molecule has 0 aromatic heterocycles. The van der Waals surface area contributed by atoms with Gasteiger partial charge in [-0.25, -0.2) is 9.59 Å². The lowest BCUT2D eigenvalue weighted by atomic mass is 9.43. The van der Waals surface area contributed by atoms with Crippen LogP contribution in [0.4, 0.5) is 9.59 Å². The number of nitrogens with zero attached hydrogens (tertiary/aromatic N) is 2. The van der Waals surface area contributed by atoms with Gasteiger partial charge in [-0.1, -0.05) is 95.6 Å². The molecule has 2 aromatic rings. The van der Waals surface area contributed by atoms with Crippen LogP contribution < -0.4 is 10.6 Å². The van der Waals surface area contributed by atoms with Crippen LogP contribution in [-0.2, 0) is 48.1 Å². The minimum absolute atomic E-state index is 0.000576. The second-order valence-corrected chi connectivity index (χ2v) is 17.0. The van der Waals surface area contributed by atoms with Crippen LogP contribution in [0.2, 0.25) is 0 Å². The molecule has 8 rings (SSSR count). The molecule has 2 bridgehead atoms. The van der Waals surface area contributed by atoms with Crippen molar-refractivity contribution < 1.29 is 38.0 Å².